The van der Waals surface area contributed by atoms with Gasteiger partial charge in [-0.05, 0) is 6.42 Å². The second-order valence-electron chi connectivity index (χ2n) is 3.88. The maximum Gasteiger partial charge on any atom is 0.149 e. The third-order valence-corrected chi connectivity index (χ3v) is 3.29. The molecule has 1 rings (SSSR count). The molecule has 0 atom stereocenters. The number of hydrogen-bond donors (Lipinski definition) is 1. The number of sulfone groups is 1. The van der Waals surface area contributed by atoms with E-state index in [0.717, 1.165) is 24.1 Å². The molecule has 0 saturated heterocycles. The molecule has 1 heterocycles. The molecule has 0 spiro atoms. The van der Waals surface area contributed by atoms with E-state index < -0.39 is 9.84 Å². The van der Waals surface area contributed by atoms with E-state index in [9.17, 15) is 8.42 Å². The Morgan fingerprint density at radius 2 is 2.19 bits per heavy atom. The van der Waals surface area contributed by atoms with E-state index in [2.05, 4.69) is 5.10 Å². The summed E-state index contributed by atoms with van der Waals surface area (Å²) in [5, 5.41) is 13.2. The van der Waals surface area contributed by atoms with Crippen molar-refractivity contribution in [2.45, 2.75) is 32.9 Å². The Hall–Kier alpha value is -0.880. The van der Waals surface area contributed by atoms with Crippen LogP contribution in [-0.2, 0) is 29.4 Å². The molecule has 0 unspecified atom stereocenters. The lowest BCUT2D eigenvalue weighted by Gasteiger charge is -2.07. The zero-order chi connectivity index (χ0) is 12.2. The largest absolute Gasteiger partial charge is 0.392 e. The highest BCUT2D eigenvalue weighted by molar-refractivity contribution is 7.90. The van der Waals surface area contributed by atoms with Crippen molar-refractivity contribution in [2.75, 3.05) is 12.0 Å². The highest BCUT2D eigenvalue weighted by Gasteiger charge is 2.11. The summed E-state index contributed by atoms with van der Waals surface area (Å²) >= 11 is 0. The van der Waals surface area contributed by atoms with Gasteiger partial charge in [-0.15, -0.1) is 0 Å². The van der Waals surface area contributed by atoms with Gasteiger partial charge in [0.25, 0.3) is 0 Å². The van der Waals surface area contributed by atoms with Crippen LogP contribution in [-0.4, -0.2) is 35.3 Å². The van der Waals surface area contributed by atoms with E-state index >= 15 is 0 Å². The average molecular weight is 246 g/mol. The maximum absolute atomic E-state index is 11.1. The molecule has 1 N–H and O–H groups in total. The Labute approximate surface area is 96.0 Å². The lowest BCUT2D eigenvalue weighted by atomic mass is 10.2. The number of aryl methyl sites for hydroxylation is 1. The molecule has 0 aromatic carbocycles. The minimum atomic E-state index is -2.97. The number of aliphatic hydroxyl groups excluding tert-OH is 1. The number of aliphatic hydroxyl groups is 1. The normalized spacial score (nSPS) is 11.9. The number of aromatic nitrogens is 2. The summed E-state index contributed by atoms with van der Waals surface area (Å²) in [6.45, 7) is 2.34. The van der Waals surface area contributed by atoms with Gasteiger partial charge in [0.05, 0.1) is 25.1 Å². The van der Waals surface area contributed by atoms with Gasteiger partial charge in [-0.3, -0.25) is 4.68 Å². The van der Waals surface area contributed by atoms with Gasteiger partial charge in [0, 0.05) is 17.5 Å². The van der Waals surface area contributed by atoms with Crippen molar-refractivity contribution in [2.24, 2.45) is 0 Å². The van der Waals surface area contributed by atoms with Crippen LogP contribution in [0.25, 0.3) is 0 Å². The average Bonchev–Trinajstić information content (AvgIpc) is 2.57. The van der Waals surface area contributed by atoms with Crippen molar-refractivity contribution in [3.05, 3.63) is 17.5 Å². The van der Waals surface area contributed by atoms with Gasteiger partial charge in [-0.1, -0.05) is 13.3 Å². The molecule has 0 bridgehead atoms. The van der Waals surface area contributed by atoms with Crippen LogP contribution in [0, 0.1) is 0 Å². The second kappa shape index (κ2) is 5.45. The van der Waals surface area contributed by atoms with Crippen LogP contribution in [0.3, 0.4) is 0 Å². The first kappa shape index (κ1) is 13.2. The van der Waals surface area contributed by atoms with E-state index in [0.29, 0.717) is 6.54 Å². The lowest BCUT2D eigenvalue weighted by Crippen LogP contribution is -2.14. The van der Waals surface area contributed by atoms with E-state index in [1.54, 1.807) is 10.9 Å². The monoisotopic (exact) mass is 246 g/mol. The standard InChI is InChI=1S/C10H18N2O3S/c1-3-4-10-9(8-13)7-11-12(10)5-6-16(2,14)15/h7,13H,3-6,8H2,1-2H3. The molecule has 0 saturated carbocycles. The van der Waals surface area contributed by atoms with E-state index in [4.69, 9.17) is 5.11 Å². The molecule has 0 fully saturated rings. The van der Waals surface area contributed by atoms with Crippen LogP contribution in [0.5, 0.6) is 0 Å². The fourth-order valence-corrected chi connectivity index (χ4v) is 2.06. The summed E-state index contributed by atoms with van der Waals surface area (Å²) in [5.74, 6) is 0.0796. The quantitative estimate of drug-likeness (QED) is 0.787. The van der Waals surface area contributed by atoms with Gasteiger partial charge < -0.3 is 5.11 Å². The maximum atomic E-state index is 11.1. The number of hydrogen-bond acceptors (Lipinski definition) is 4. The smallest absolute Gasteiger partial charge is 0.149 e. The molecule has 0 aliphatic heterocycles. The van der Waals surface area contributed by atoms with Gasteiger partial charge in [0.2, 0.25) is 0 Å². The molecule has 0 radical (unpaired) electrons. The fraction of sp³-hybridized carbons (Fsp3) is 0.700. The Balaban J connectivity index is 2.83. The first-order chi connectivity index (χ1) is 7.48. The molecule has 0 aliphatic carbocycles. The Bertz CT molecular complexity index is 437. The topological polar surface area (TPSA) is 72.2 Å². The van der Waals surface area contributed by atoms with Gasteiger partial charge >= 0.3 is 0 Å². The molecular weight excluding hydrogens is 228 g/mol. The number of rotatable bonds is 6. The second-order valence-corrected chi connectivity index (χ2v) is 6.14. The summed E-state index contributed by atoms with van der Waals surface area (Å²) < 4.78 is 23.8. The van der Waals surface area contributed by atoms with Crippen molar-refractivity contribution in [1.82, 2.24) is 9.78 Å². The summed E-state index contributed by atoms with van der Waals surface area (Å²) in [4.78, 5) is 0. The van der Waals surface area contributed by atoms with Crippen LogP contribution in [0.15, 0.2) is 6.20 Å². The van der Waals surface area contributed by atoms with E-state index in [-0.39, 0.29) is 12.4 Å². The molecule has 1 aromatic rings. The predicted molar refractivity (Wildman–Crippen MR) is 61.9 cm³/mol. The molecule has 6 heteroatoms. The van der Waals surface area contributed by atoms with Gasteiger partial charge in [-0.2, -0.15) is 5.10 Å². The van der Waals surface area contributed by atoms with Gasteiger partial charge in [0.15, 0.2) is 0 Å². The van der Waals surface area contributed by atoms with Crippen molar-refractivity contribution >= 4 is 9.84 Å². The highest BCUT2D eigenvalue weighted by Crippen LogP contribution is 2.11. The van der Waals surface area contributed by atoms with Crippen molar-refractivity contribution in [1.29, 1.82) is 0 Å². The zero-order valence-electron chi connectivity index (χ0n) is 9.68. The third-order valence-electron chi connectivity index (χ3n) is 2.37. The van der Waals surface area contributed by atoms with Crippen molar-refractivity contribution in [3.63, 3.8) is 0 Å². The van der Waals surface area contributed by atoms with Crippen LogP contribution in [0.1, 0.15) is 24.6 Å². The summed E-state index contributed by atoms with van der Waals surface area (Å²) in [6, 6.07) is 0. The van der Waals surface area contributed by atoms with Gasteiger partial charge in [0.1, 0.15) is 9.84 Å². The number of nitrogens with zero attached hydrogens (tertiary/aromatic N) is 2. The zero-order valence-corrected chi connectivity index (χ0v) is 10.5. The SMILES string of the molecule is CCCc1c(CO)cnn1CCS(C)(=O)=O. The van der Waals surface area contributed by atoms with Crippen molar-refractivity contribution < 1.29 is 13.5 Å². The summed E-state index contributed by atoms with van der Waals surface area (Å²) in [7, 11) is -2.97. The van der Waals surface area contributed by atoms with Crippen LogP contribution in [0.4, 0.5) is 0 Å². The van der Waals surface area contributed by atoms with E-state index in [1.165, 1.54) is 6.26 Å². The molecule has 1 aromatic heterocycles. The van der Waals surface area contributed by atoms with Gasteiger partial charge in [-0.25, -0.2) is 8.42 Å². The Kier molecular flexibility index (Phi) is 4.49. The third kappa shape index (κ3) is 3.61. The Morgan fingerprint density at radius 3 is 2.69 bits per heavy atom. The fourth-order valence-electron chi connectivity index (χ4n) is 1.55. The molecular formula is C10H18N2O3S. The molecule has 5 nitrogen and oxygen atoms in total. The lowest BCUT2D eigenvalue weighted by molar-refractivity contribution is 0.280. The molecule has 0 amide bonds. The highest BCUT2D eigenvalue weighted by atomic mass is 32.2. The summed E-state index contributed by atoms with van der Waals surface area (Å²) in [6.07, 6.45) is 4.56. The van der Waals surface area contributed by atoms with Crippen LogP contribution < -0.4 is 0 Å². The predicted octanol–water partition coefficient (Wildman–Crippen LogP) is 0.373. The minimum absolute atomic E-state index is 0.0474. The summed E-state index contributed by atoms with van der Waals surface area (Å²) in [5.41, 5.74) is 1.73. The molecule has 92 valence electrons. The Morgan fingerprint density at radius 1 is 1.50 bits per heavy atom. The van der Waals surface area contributed by atoms with Crippen LogP contribution in [0.2, 0.25) is 0 Å². The minimum Gasteiger partial charge on any atom is -0.392 e. The van der Waals surface area contributed by atoms with Crippen LogP contribution >= 0.6 is 0 Å². The van der Waals surface area contributed by atoms with Crippen molar-refractivity contribution in [3.8, 4) is 0 Å². The molecule has 0 aliphatic rings. The molecule has 16 heavy (non-hydrogen) atoms. The first-order valence-electron chi connectivity index (χ1n) is 5.30. The van der Waals surface area contributed by atoms with E-state index in [1.807, 2.05) is 6.92 Å². The first-order valence-corrected chi connectivity index (χ1v) is 7.36.